The van der Waals surface area contributed by atoms with Gasteiger partial charge in [-0.2, -0.15) is 13.2 Å². The minimum atomic E-state index is -5.32. The number of halogens is 3. The molecule has 0 amide bonds. The number of aromatic nitrogens is 1. The Labute approximate surface area is 111 Å². The second kappa shape index (κ2) is 5.14. The van der Waals surface area contributed by atoms with Gasteiger partial charge < -0.3 is 19.4 Å². The van der Waals surface area contributed by atoms with Gasteiger partial charge in [0, 0.05) is 0 Å². The Morgan fingerprint density at radius 3 is 2.40 bits per heavy atom. The highest BCUT2D eigenvalue weighted by molar-refractivity contribution is 5.14. The fourth-order valence-electron chi connectivity index (χ4n) is 1.34. The molecule has 0 unspecified atom stereocenters. The summed E-state index contributed by atoms with van der Waals surface area (Å²) < 4.78 is 46.6. The molecule has 0 saturated heterocycles. The molecule has 2 aromatic rings. The lowest BCUT2D eigenvalue weighted by atomic mass is 10.2. The smallest absolute Gasteiger partial charge is 0.453 e. The maximum Gasteiger partial charge on any atom is 0.453 e. The van der Waals surface area contributed by atoms with E-state index in [4.69, 9.17) is 14.9 Å². The highest BCUT2D eigenvalue weighted by Crippen LogP contribution is 2.37. The van der Waals surface area contributed by atoms with Crippen LogP contribution in [-0.2, 0) is 12.4 Å². The maximum atomic E-state index is 12.3. The fraction of sp³-hybridized carbons (Fsp3) is 0.250. The van der Waals surface area contributed by atoms with E-state index in [-0.39, 0.29) is 12.6 Å². The molecule has 0 aliphatic rings. The normalized spacial score (nSPS) is 12.4. The lowest BCUT2D eigenvalue weighted by molar-refractivity contribution is -0.366. The van der Waals surface area contributed by atoms with Crippen molar-refractivity contribution >= 4 is 0 Å². The van der Waals surface area contributed by atoms with Crippen LogP contribution in [0.5, 0.6) is 5.95 Å². The van der Waals surface area contributed by atoms with Gasteiger partial charge in [0.1, 0.15) is 12.8 Å². The monoisotopic (exact) mass is 289 g/mol. The van der Waals surface area contributed by atoms with Crippen LogP contribution >= 0.6 is 0 Å². The van der Waals surface area contributed by atoms with E-state index in [0.717, 1.165) is 11.8 Å². The molecule has 1 aromatic heterocycles. The Kier molecular flexibility index (Phi) is 3.69. The zero-order chi connectivity index (χ0) is 14.8. The SMILES string of the molecule is OC(O)(c1ncc(OCc2ccccc2)o1)C(F)(F)F. The zero-order valence-electron chi connectivity index (χ0n) is 9.96. The van der Waals surface area contributed by atoms with E-state index in [1.165, 1.54) is 0 Å². The Hall–Kier alpha value is -2.06. The summed E-state index contributed by atoms with van der Waals surface area (Å²) in [6.45, 7) is 0.0470. The largest absolute Gasteiger partial charge is 0.459 e. The average molecular weight is 289 g/mol. The number of oxazole rings is 1. The van der Waals surface area contributed by atoms with Gasteiger partial charge in [0.25, 0.3) is 5.89 Å². The fourth-order valence-corrected chi connectivity index (χ4v) is 1.34. The molecule has 0 bridgehead atoms. The van der Waals surface area contributed by atoms with Crippen molar-refractivity contribution in [2.75, 3.05) is 0 Å². The second-order valence-corrected chi connectivity index (χ2v) is 3.93. The van der Waals surface area contributed by atoms with Gasteiger partial charge in [-0.05, 0) is 5.56 Å². The van der Waals surface area contributed by atoms with Gasteiger partial charge in [-0.15, -0.1) is 0 Å². The number of hydrogen-bond acceptors (Lipinski definition) is 5. The number of nitrogens with zero attached hydrogens (tertiary/aromatic N) is 1. The number of alkyl halides is 3. The number of benzene rings is 1. The van der Waals surface area contributed by atoms with Gasteiger partial charge >= 0.3 is 17.9 Å². The number of ether oxygens (including phenoxy) is 1. The van der Waals surface area contributed by atoms with E-state index in [1.54, 1.807) is 30.3 Å². The lowest BCUT2D eigenvalue weighted by Gasteiger charge is -2.20. The van der Waals surface area contributed by atoms with Crippen molar-refractivity contribution in [3.8, 4) is 5.95 Å². The zero-order valence-corrected chi connectivity index (χ0v) is 9.96. The van der Waals surface area contributed by atoms with Crippen LogP contribution in [-0.4, -0.2) is 21.4 Å². The molecule has 0 radical (unpaired) electrons. The van der Waals surface area contributed by atoms with Crippen molar-refractivity contribution in [1.82, 2.24) is 4.98 Å². The highest BCUT2D eigenvalue weighted by atomic mass is 19.4. The summed E-state index contributed by atoms with van der Waals surface area (Å²) in [6.07, 6.45) is -4.49. The summed E-state index contributed by atoms with van der Waals surface area (Å²) >= 11 is 0. The van der Waals surface area contributed by atoms with Crippen molar-refractivity contribution in [3.05, 3.63) is 48.0 Å². The molecule has 108 valence electrons. The first-order valence-electron chi connectivity index (χ1n) is 5.45. The van der Waals surface area contributed by atoms with Crippen LogP contribution in [0, 0.1) is 0 Å². The molecular formula is C12H10F3NO4. The topological polar surface area (TPSA) is 75.7 Å². The molecule has 1 aromatic carbocycles. The van der Waals surface area contributed by atoms with Crippen molar-refractivity contribution < 1.29 is 32.5 Å². The van der Waals surface area contributed by atoms with E-state index >= 15 is 0 Å². The Morgan fingerprint density at radius 2 is 1.80 bits per heavy atom. The average Bonchev–Trinajstić information content (AvgIpc) is 2.85. The summed E-state index contributed by atoms with van der Waals surface area (Å²) in [7, 11) is 0. The van der Waals surface area contributed by atoms with Crippen LogP contribution in [0.3, 0.4) is 0 Å². The Morgan fingerprint density at radius 1 is 1.15 bits per heavy atom. The quantitative estimate of drug-likeness (QED) is 0.841. The molecule has 5 nitrogen and oxygen atoms in total. The summed E-state index contributed by atoms with van der Waals surface area (Å²) in [5.74, 6) is -5.80. The number of hydrogen-bond donors (Lipinski definition) is 2. The van der Waals surface area contributed by atoms with Gasteiger partial charge in [0.2, 0.25) is 0 Å². The van der Waals surface area contributed by atoms with E-state index in [2.05, 4.69) is 9.40 Å². The number of aliphatic hydroxyl groups is 2. The van der Waals surface area contributed by atoms with E-state index in [0.29, 0.717) is 0 Å². The third-order valence-corrected chi connectivity index (χ3v) is 2.40. The third-order valence-electron chi connectivity index (χ3n) is 2.40. The van der Waals surface area contributed by atoms with Gasteiger partial charge in [-0.3, -0.25) is 0 Å². The van der Waals surface area contributed by atoms with Crippen molar-refractivity contribution in [2.24, 2.45) is 0 Å². The van der Waals surface area contributed by atoms with E-state index in [1.807, 2.05) is 0 Å². The minimum Gasteiger partial charge on any atom is -0.459 e. The molecular weight excluding hydrogens is 279 g/mol. The van der Waals surface area contributed by atoms with Crippen molar-refractivity contribution in [2.45, 2.75) is 18.6 Å². The molecule has 20 heavy (non-hydrogen) atoms. The molecule has 0 fully saturated rings. The summed E-state index contributed by atoms with van der Waals surface area (Å²) in [5, 5.41) is 17.9. The first-order chi connectivity index (χ1) is 9.30. The van der Waals surface area contributed by atoms with Crippen LogP contribution in [0.1, 0.15) is 11.5 Å². The summed E-state index contributed by atoms with van der Waals surface area (Å²) in [5.41, 5.74) is 0.764. The summed E-state index contributed by atoms with van der Waals surface area (Å²) in [4.78, 5) is 3.15. The molecule has 1 heterocycles. The molecule has 0 spiro atoms. The van der Waals surface area contributed by atoms with Gasteiger partial charge in [-0.25, -0.2) is 4.98 Å². The van der Waals surface area contributed by atoms with Crippen LogP contribution in [0.2, 0.25) is 0 Å². The first-order valence-corrected chi connectivity index (χ1v) is 5.45. The standard InChI is InChI=1S/C12H10F3NO4/c13-12(14,15)11(17,18)10-16-6-9(20-10)19-7-8-4-2-1-3-5-8/h1-6,17-18H,7H2. The van der Waals surface area contributed by atoms with Crippen molar-refractivity contribution in [1.29, 1.82) is 0 Å². The summed E-state index contributed by atoms with van der Waals surface area (Å²) in [6, 6.07) is 8.82. The van der Waals surface area contributed by atoms with Gasteiger partial charge in [-0.1, -0.05) is 30.3 Å². The maximum absolute atomic E-state index is 12.3. The Balaban J connectivity index is 2.06. The van der Waals surface area contributed by atoms with Crippen LogP contribution in [0.4, 0.5) is 13.2 Å². The highest BCUT2D eigenvalue weighted by Gasteiger charge is 2.58. The first kappa shape index (κ1) is 14.4. The van der Waals surface area contributed by atoms with Gasteiger partial charge in [0.05, 0.1) is 0 Å². The van der Waals surface area contributed by atoms with Crippen molar-refractivity contribution in [3.63, 3.8) is 0 Å². The van der Waals surface area contributed by atoms with E-state index in [9.17, 15) is 13.2 Å². The minimum absolute atomic E-state index is 0.0470. The van der Waals surface area contributed by atoms with Gasteiger partial charge in [0.15, 0.2) is 0 Å². The predicted octanol–water partition coefficient (Wildman–Crippen LogP) is 1.95. The molecule has 0 aliphatic heterocycles. The Bertz CT molecular complexity index is 566. The molecule has 0 saturated carbocycles. The third kappa shape index (κ3) is 2.91. The van der Waals surface area contributed by atoms with E-state index < -0.39 is 17.9 Å². The molecule has 0 aliphatic carbocycles. The molecule has 2 N–H and O–H groups in total. The molecule has 2 rings (SSSR count). The molecule has 8 heteroatoms. The van der Waals surface area contributed by atoms with Crippen LogP contribution in [0.25, 0.3) is 0 Å². The van der Waals surface area contributed by atoms with Crippen LogP contribution < -0.4 is 4.74 Å². The van der Waals surface area contributed by atoms with Crippen LogP contribution in [0.15, 0.2) is 40.9 Å². The second-order valence-electron chi connectivity index (χ2n) is 3.93. The lowest BCUT2D eigenvalue weighted by Crippen LogP contribution is -2.42. The molecule has 0 atom stereocenters. The predicted molar refractivity (Wildman–Crippen MR) is 59.4 cm³/mol. The number of rotatable bonds is 4.